The van der Waals surface area contributed by atoms with Crippen LogP contribution in [0.25, 0.3) is 0 Å². The Morgan fingerprint density at radius 2 is 2.14 bits per heavy atom. The Bertz CT molecular complexity index is 639. The van der Waals surface area contributed by atoms with Gasteiger partial charge in [-0.05, 0) is 37.0 Å². The van der Waals surface area contributed by atoms with Crippen molar-refractivity contribution in [2.45, 2.75) is 28.3 Å². The molecule has 0 aromatic rings. The predicted molar refractivity (Wildman–Crippen MR) is 86.6 cm³/mol. The second-order valence-electron chi connectivity index (χ2n) is 5.74. The van der Waals surface area contributed by atoms with Gasteiger partial charge in [0.15, 0.2) is 4.87 Å². The monoisotopic (exact) mass is 358 g/mol. The van der Waals surface area contributed by atoms with Gasteiger partial charge in [-0.25, -0.2) is 0 Å². The molecular formula is C13H14N2O4S3. The van der Waals surface area contributed by atoms with Crippen molar-refractivity contribution in [1.29, 1.82) is 0 Å². The van der Waals surface area contributed by atoms with E-state index in [0.29, 0.717) is 6.42 Å². The summed E-state index contributed by atoms with van der Waals surface area (Å²) in [7, 11) is 5.49. The molecule has 4 heterocycles. The highest BCUT2D eigenvalue weighted by atomic mass is 33.5. The molecule has 22 heavy (non-hydrogen) atoms. The van der Waals surface area contributed by atoms with Crippen molar-refractivity contribution < 1.29 is 19.8 Å². The van der Waals surface area contributed by atoms with Gasteiger partial charge in [0, 0.05) is 13.5 Å². The van der Waals surface area contributed by atoms with Gasteiger partial charge in [0.1, 0.15) is 0 Å². The maximum atomic E-state index is 13.2. The molecule has 4 atom stereocenters. The first kappa shape index (κ1) is 14.9. The van der Waals surface area contributed by atoms with Crippen molar-refractivity contribution in [3.63, 3.8) is 0 Å². The number of aliphatic hydroxyl groups is 2. The van der Waals surface area contributed by atoms with Gasteiger partial charge in [-0.1, -0.05) is 18.2 Å². The van der Waals surface area contributed by atoms with Crippen molar-refractivity contribution in [2.75, 3.05) is 13.7 Å². The van der Waals surface area contributed by atoms with Crippen LogP contribution in [-0.2, 0) is 9.59 Å². The van der Waals surface area contributed by atoms with E-state index in [0.717, 1.165) is 5.57 Å². The Morgan fingerprint density at radius 1 is 1.36 bits per heavy atom. The molecule has 0 aromatic carbocycles. The quantitative estimate of drug-likeness (QED) is 0.655. The lowest BCUT2D eigenvalue weighted by Crippen LogP contribution is -2.73. The summed E-state index contributed by atoms with van der Waals surface area (Å²) < 4.78 is 0. The number of carbonyl (C=O) groups excluding carboxylic acids is 2. The van der Waals surface area contributed by atoms with E-state index >= 15 is 0 Å². The summed E-state index contributed by atoms with van der Waals surface area (Å²) in [5, 5.41) is 20.2. The van der Waals surface area contributed by atoms with Crippen LogP contribution in [0.2, 0.25) is 0 Å². The van der Waals surface area contributed by atoms with Crippen LogP contribution in [0.1, 0.15) is 6.42 Å². The SMILES string of the molecule is CN1C(=O)[C@]23CC4=CC=C[C@H](O)[C@H]4N2C(=O)C1(CO)SSS3. The molecule has 0 radical (unpaired) electrons. The average molecular weight is 358 g/mol. The van der Waals surface area contributed by atoms with Crippen molar-refractivity contribution in [2.24, 2.45) is 0 Å². The zero-order chi connectivity index (χ0) is 15.7. The molecule has 4 saturated heterocycles. The summed E-state index contributed by atoms with van der Waals surface area (Å²) in [5.74, 6) is -0.492. The maximum absolute atomic E-state index is 13.2. The minimum Gasteiger partial charge on any atom is -0.392 e. The molecule has 1 unspecified atom stereocenters. The van der Waals surface area contributed by atoms with Gasteiger partial charge in [-0.3, -0.25) is 9.59 Å². The molecular weight excluding hydrogens is 344 g/mol. The Balaban J connectivity index is 1.92. The largest absolute Gasteiger partial charge is 0.392 e. The fourth-order valence-corrected chi connectivity index (χ4v) is 9.37. The van der Waals surface area contributed by atoms with Gasteiger partial charge in [0.2, 0.25) is 4.87 Å². The number of hydrogen-bond donors (Lipinski definition) is 2. The molecule has 4 fully saturated rings. The van der Waals surface area contributed by atoms with Crippen LogP contribution < -0.4 is 0 Å². The minimum absolute atomic E-state index is 0.189. The molecule has 4 aliphatic heterocycles. The minimum atomic E-state index is -1.31. The van der Waals surface area contributed by atoms with E-state index in [-0.39, 0.29) is 11.8 Å². The second-order valence-corrected chi connectivity index (χ2v) is 10.2. The molecule has 6 nitrogen and oxygen atoms in total. The Hall–Kier alpha value is -0.610. The topological polar surface area (TPSA) is 81.1 Å². The first-order chi connectivity index (χ1) is 10.5. The molecule has 2 bridgehead atoms. The smallest absolute Gasteiger partial charge is 0.264 e. The van der Waals surface area contributed by atoms with Crippen molar-refractivity contribution in [3.8, 4) is 0 Å². The van der Waals surface area contributed by atoms with Crippen LogP contribution in [0.3, 0.4) is 0 Å². The number of piperazine rings is 1. The standard InChI is InChI=1S/C13H14N2O4S3/c1-14-10(18)12-5-7-3-2-4-8(17)9(7)15(12)11(19)13(14,6-16)21-22-20-12/h2-4,8-9,16-17H,5-6H2,1H3/t8-,9-,12+,13?/m0/s1. The highest BCUT2D eigenvalue weighted by Gasteiger charge is 2.70. The van der Waals surface area contributed by atoms with Crippen molar-refractivity contribution in [3.05, 3.63) is 23.8 Å². The van der Waals surface area contributed by atoms with E-state index in [4.69, 9.17) is 0 Å². The zero-order valence-corrected chi connectivity index (χ0v) is 14.1. The third kappa shape index (κ3) is 1.53. The predicted octanol–water partition coefficient (Wildman–Crippen LogP) is 0.345. The fraction of sp³-hybridized carbons (Fsp3) is 0.538. The van der Waals surface area contributed by atoms with Gasteiger partial charge in [0.05, 0.1) is 18.8 Å². The number of amides is 2. The Kier molecular flexibility index (Phi) is 3.19. The molecule has 0 saturated carbocycles. The van der Waals surface area contributed by atoms with Gasteiger partial charge in [0.25, 0.3) is 11.8 Å². The van der Waals surface area contributed by atoms with E-state index in [2.05, 4.69) is 0 Å². The number of aliphatic hydroxyl groups excluding tert-OH is 2. The van der Waals surface area contributed by atoms with Crippen LogP contribution >= 0.6 is 31.4 Å². The number of fused-ring (bicyclic) bond motifs is 4. The Labute approximate surface area is 138 Å². The van der Waals surface area contributed by atoms with Crippen LogP contribution in [0.5, 0.6) is 0 Å². The number of carbonyl (C=O) groups is 2. The van der Waals surface area contributed by atoms with Crippen molar-refractivity contribution >= 4 is 43.2 Å². The molecule has 2 amide bonds. The summed E-state index contributed by atoms with van der Waals surface area (Å²) in [5.41, 5.74) is 0.888. The molecule has 2 N–H and O–H groups in total. The number of allylic oxidation sites excluding steroid dienone is 2. The number of hydrogen-bond acceptors (Lipinski definition) is 7. The highest BCUT2D eigenvalue weighted by Crippen LogP contribution is 2.64. The number of rotatable bonds is 1. The molecule has 5 rings (SSSR count). The van der Waals surface area contributed by atoms with Crippen molar-refractivity contribution in [1.82, 2.24) is 9.80 Å². The van der Waals surface area contributed by atoms with Gasteiger partial charge in [-0.15, -0.1) is 0 Å². The normalized spacial score (nSPS) is 43.1. The number of likely N-dealkylation sites (N-methyl/N-ethyl adjacent to an activating group) is 1. The van der Waals surface area contributed by atoms with Crippen LogP contribution in [0.15, 0.2) is 23.8 Å². The van der Waals surface area contributed by atoms with E-state index in [1.807, 2.05) is 6.08 Å². The molecule has 1 spiro atoms. The van der Waals surface area contributed by atoms with Crippen LogP contribution in [0.4, 0.5) is 0 Å². The lowest BCUT2D eigenvalue weighted by atomic mass is 9.97. The third-order valence-electron chi connectivity index (χ3n) is 4.72. The highest BCUT2D eigenvalue weighted by molar-refractivity contribution is 9.10. The number of nitrogens with zero attached hydrogens (tertiary/aromatic N) is 2. The molecule has 9 heteroatoms. The van der Waals surface area contributed by atoms with Gasteiger partial charge in [-0.2, -0.15) is 0 Å². The molecule has 5 aliphatic rings. The summed E-state index contributed by atoms with van der Waals surface area (Å²) in [6.07, 6.45) is 4.85. The van der Waals surface area contributed by atoms with E-state index in [9.17, 15) is 19.8 Å². The zero-order valence-electron chi connectivity index (χ0n) is 11.6. The van der Waals surface area contributed by atoms with Crippen LogP contribution in [-0.4, -0.2) is 67.4 Å². The van der Waals surface area contributed by atoms with Gasteiger partial charge < -0.3 is 20.0 Å². The second kappa shape index (κ2) is 4.70. The van der Waals surface area contributed by atoms with E-state index < -0.39 is 28.5 Å². The lowest BCUT2D eigenvalue weighted by molar-refractivity contribution is -0.167. The Morgan fingerprint density at radius 3 is 2.86 bits per heavy atom. The summed E-state index contributed by atoms with van der Waals surface area (Å²) in [6.45, 7) is -0.448. The molecule has 118 valence electrons. The summed E-state index contributed by atoms with van der Waals surface area (Å²) in [4.78, 5) is 26.7. The first-order valence-corrected chi connectivity index (χ1v) is 10.3. The summed E-state index contributed by atoms with van der Waals surface area (Å²) in [6, 6.07) is -0.520. The van der Waals surface area contributed by atoms with Crippen LogP contribution in [0, 0.1) is 0 Å². The summed E-state index contributed by atoms with van der Waals surface area (Å²) >= 11 is 0. The lowest BCUT2D eigenvalue weighted by Gasteiger charge is -2.50. The van der Waals surface area contributed by atoms with Gasteiger partial charge >= 0.3 is 0 Å². The molecule has 0 aromatic heterocycles. The first-order valence-electron chi connectivity index (χ1n) is 6.80. The maximum Gasteiger partial charge on any atom is 0.264 e. The average Bonchev–Trinajstić information content (AvgIpc) is 2.75. The third-order valence-corrected chi connectivity index (χ3v) is 9.79. The molecule has 1 aliphatic carbocycles. The van der Waals surface area contributed by atoms with E-state index in [1.54, 1.807) is 19.2 Å². The fourth-order valence-electron chi connectivity index (χ4n) is 3.54. The van der Waals surface area contributed by atoms with E-state index in [1.165, 1.54) is 41.2 Å².